The van der Waals surface area contributed by atoms with Crippen molar-refractivity contribution in [2.24, 2.45) is 5.92 Å². The van der Waals surface area contributed by atoms with Gasteiger partial charge >= 0.3 is 7.82 Å². The van der Waals surface area contributed by atoms with Crippen LogP contribution in [0.5, 0.6) is 5.75 Å². The predicted octanol–water partition coefficient (Wildman–Crippen LogP) is -0.981. The maximum atomic E-state index is 13.1. The van der Waals surface area contributed by atoms with Crippen LogP contribution >= 0.6 is 7.82 Å². The molecule has 5 rings (SSSR count). The number of fused-ring (bicyclic) bond motifs is 3. The Hall–Kier alpha value is -2.17. The average molecular weight is 587 g/mol. The minimum atomic E-state index is -4.83. The number of carbonyl (C=O) groups excluding carboxylic acids is 1. The molecule has 1 aliphatic carbocycles. The minimum absolute atomic E-state index is 0.139. The van der Waals surface area contributed by atoms with Crippen molar-refractivity contribution in [1.29, 1.82) is 0 Å². The highest BCUT2D eigenvalue weighted by molar-refractivity contribution is 7.46. The molecule has 0 unspecified atom stereocenters. The number of ether oxygens (including phenoxy) is 3. The standard InChI is InChI=1S/C24H35N4O11P/c1-4-11-19(30)18(25-3)21-22(20(11)31)37-23-24(32,38-21)14(8-10(2)36-23)27-16(29)9-15-26-12-6-5-7-13(17(12)28-15)39-40(33,34)35/h5-7,10-11,14,18-23,25,30-32H,4,8-9H2,1-3H3,(H,26,28)(H,27,29)(H2,33,34,35)/t10-,11-,14-,18+,19+,20+,21-,22-,23+,24+/m1/s1. The first-order valence-electron chi connectivity index (χ1n) is 13.1. The Morgan fingerprint density at radius 1 is 1.25 bits per heavy atom. The summed E-state index contributed by atoms with van der Waals surface area (Å²) in [5, 5.41) is 39.3. The van der Waals surface area contributed by atoms with Gasteiger partial charge in [-0.2, -0.15) is 0 Å². The molecular formula is C24H35N4O11P. The van der Waals surface area contributed by atoms with Crippen molar-refractivity contribution in [2.45, 2.75) is 87.8 Å². The van der Waals surface area contributed by atoms with Gasteiger partial charge in [-0.1, -0.05) is 13.0 Å². The van der Waals surface area contributed by atoms with Crippen LogP contribution in [0.3, 0.4) is 0 Å². The summed E-state index contributed by atoms with van der Waals surface area (Å²) in [7, 11) is -3.19. The second-order valence-electron chi connectivity index (χ2n) is 10.5. The molecular weight excluding hydrogens is 551 g/mol. The van der Waals surface area contributed by atoms with Crippen molar-refractivity contribution in [3.05, 3.63) is 24.0 Å². The second-order valence-corrected chi connectivity index (χ2v) is 11.7. The van der Waals surface area contributed by atoms with Gasteiger partial charge in [-0.25, -0.2) is 9.55 Å². The number of nitrogens with zero attached hydrogens (tertiary/aromatic N) is 1. The van der Waals surface area contributed by atoms with Crippen LogP contribution in [0.2, 0.25) is 0 Å². The number of aromatic amines is 1. The van der Waals surface area contributed by atoms with Gasteiger partial charge in [0.15, 0.2) is 5.75 Å². The number of phosphoric acid groups is 1. The lowest BCUT2D eigenvalue weighted by atomic mass is 9.74. The van der Waals surface area contributed by atoms with Gasteiger partial charge in [-0.05, 0) is 38.9 Å². The molecule has 1 aromatic heterocycles. The number of rotatable bonds is 7. The Balaban J connectivity index is 1.35. The van der Waals surface area contributed by atoms with E-state index in [-0.39, 0.29) is 29.9 Å². The van der Waals surface area contributed by atoms with Crippen LogP contribution in [-0.4, -0.2) is 103 Å². The molecule has 10 atom stereocenters. The molecule has 0 bridgehead atoms. The van der Waals surface area contributed by atoms with Gasteiger partial charge in [0.1, 0.15) is 23.5 Å². The van der Waals surface area contributed by atoms with Crippen molar-refractivity contribution < 1.29 is 53.2 Å². The van der Waals surface area contributed by atoms with E-state index in [9.17, 15) is 24.7 Å². The zero-order valence-electron chi connectivity index (χ0n) is 22.1. The number of hydrogen-bond donors (Lipinski definition) is 8. The summed E-state index contributed by atoms with van der Waals surface area (Å²) in [5.74, 6) is -3.10. The number of likely N-dealkylation sites (N-methyl/N-ethyl adjacent to an activating group) is 1. The third-order valence-corrected chi connectivity index (χ3v) is 8.27. The number of carbonyl (C=O) groups is 1. The third kappa shape index (κ3) is 5.39. The molecule has 222 valence electrons. The van der Waals surface area contributed by atoms with Crippen molar-refractivity contribution in [1.82, 2.24) is 20.6 Å². The average Bonchev–Trinajstić information content (AvgIpc) is 3.27. The summed E-state index contributed by atoms with van der Waals surface area (Å²) in [5.41, 5.74) is 0.542. The number of amides is 1. The number of hydrogen-bond acceptors (Lipinski definition) is 11. The Kier molecular flexibility index (Phi) is 8.00. The number of aromatic nitrogens is 2. The van der Waals surface area contributed by atoms with Crippen LogP contribution in [0, 0.1) is 5.92 Å². The zero-order chi connectivity index (χ0) is 29.0. The molecule has 0 spiro atoms. The molecule has 1 aromatic carbocycles. The Bertz CT molecular complexity index is 1290. The number of benzene rings is 1. The highest BCUT2D eigenvalue weighted by atomic mass is 31.2. The third-order valence-electron chi connectivity index (χ3n) is 7.84. The Morgan fingerprint density at radius 3 is 2.67 bits per heavy atom. The van der Waals surface area contributed by atoms with E-state index in [0.29, 0.717) is 11.9 Å². The summed E-state index contributed by atoms with van der Waals surface area (Å²) < 4.78 is 34.0. The van der Waals surface area contributed by atoms with E-state index < -0.39 is 74.3 Å². The van der Waals surface area contributed by atoms with Gasteiger partial charge in [0.25, 0.3) is 0 Å². The van der Waals surface area contributed by atoms with E-state index in [1.54, 1.807) is 20.0 Å². The van der Waals surface area contributed by atoms with Crippen LogP contribution in [0.4, 0.5) is 0 Å². The van der Waals surface area contributed by atoms with Crippen LogP contribution < -0.4 is 15.2 Å². The van der Waals surface area contributed by atoms with Gasteiger partial charge in [-0.15, -0.1) is 0 Å². The fourth-order valence-electron chi connectivity index (χ4n) is 5.98. The summed E-state index contributed by atoms with van der Waals surface area (Å²) in [6.07, 6.45) is -5.24. The van der Waals surface area contributed by atoms with Gasteiger partial charge in [0.2, 0.25) is 18.0 Å². The van der Waals surface area contributed by atoms with Gasteiger partial charge < -0.3 is 49.7 Å². The van der Waals surface area contributed by atoms with Crippen molar-refractivity contribution >= 4 is 24.8 Å². The molecule has 15 nitrogen and oxygen atoms in total. The molecule has 2 aromatic rings. The first kappa shape index (κ1) is 29.3. The van der Waals surface area contributed by atoms with Crippen LogP contribution in [0.1, 0.15) is 32.5 Å². The normalized spacial score (nSPS) is 38.0. The summed E-state index contributed by atoms with van der Waals surface area (Å²) in [4.78, 5) is 38.6. The van der Waals surface area contributed by atoms with E-state index >= 15 is 0 Å². The maximum absolute atomic E-state index is 13.1. The highest BCUT2D eigenvalue weighted by Gasteiger charge is 2.63. The molecule has 16 heteroatoms. The van der Waals surface area contributed by atoms with Crippen LogP contribution in [0.25, 0.3) is 11.0 Å². The van der Waals surface area contributed by atoms with Gasteiger partial charge in [0, 0.05) is 5.92 Å². The fourth-order valence-corrected chi connectivity index (χ4v) is 6.38. The summed E-state index contributed by atoms with van der Waals surface area (Å²) in [6.45, 7) is 3.60. The summed E-state index contributed by atoms with van der Waals surface area (Å²) >= 11 is 0. The summed E-state index contributed by atoms with van der Waals surface area (Å²) in [6, 6.07) is 2.82. The molecule has 40 heavy (non-hydrogen) atoms. The number of H-pyrrole nitrogens is 1. The lowest BCUT2D eigenvalue weighted by molar-refractivity contribution is -0.450. The number of aliphatic hydroxyl groups is 3. The van der Waals surface area contributed by atoms with E-state index in [4.69, 9.17) is 28.5 Å². The lowest BCUT2D eigenvalue weighted by Crippen LogP contribution is -2.77. The minimum Gasteiger partial charge on any atom is -0.402 e. The quantitative estimate of drug-likeness (QED) is 0.183. The zero-order valence-corrected chi connectivity index (χ0v) is 23.0. The lowest BCUT2D eigenvalue weighted by Gasteiger charge is -2.58. The van der Waals surface area contributed by atoms with E-state index in [0.717, 1.165) is 0 Å². The van der Waals surface area contributed by atoms with Crippen LogP contribution in [0.15, 0.2) is 18.2 Å². The monoisotopic (exact) mass is 586 g/mol. The first-order valence-corrected chi connectivity index (χ1v) is 14.6. The van der Waals surface area contributed by atoms with E-state index in [2.05, 4.69) is 20.6 Å². The molecule has 2 aliphatic heterocycles. The van der Waals surface area contributed by atoms with Crippen molar-refractivity contribution in [2.75, 3.05) is 7.05 Å². The smallest absolute Gasteiger partial charge is 0.402 e. The number of aliphatic hydroxyl groups excluding tert-OH is 2. The van der Waals surface area contributed by atoms with Crippen LogP contribution in [-0.2, 0) is 30.0 Å². The first-order chi connectivity index (χ1) is 18.8. The number of para-hydroxylation sites is 1. The molecule has 8 N–H and O–H groups in total. The molecule has 2 saturated heterocycles. The van der Waals surface area contributed by atoms with Gasteiger partial charge in [-0.3, -0.25) is 14.6 Å². The molecule has 0 radical (unpaired) electrons. The fraction of sp³-hybridized carbons (Fsp3) is 0.667. The molecule has 3 heterocycles. The molecule has 1 amide bonds. The topological polar surface area (TPSA) is 225 Å². The Labute approximate surface area is 229 Å². The maximum Gasteiger partial charge on any atom is 0.524 e. The van der Waals surface area contributed by atoms with Gasteiger partial charge in [0.05, 0.1) is 42.3 Å². The number of imidazole rings is 1. The second kappa shape index (κ2) is 10.9. The predicted molar refractivity (Wildman–Crippen MR) is 137 cm³/mol. The van der Waals surface area contributed by atoms with Crippen molar-refractivity contribution in [3.8, 4) is 5.75 Å². The largest absolute Gasteiger partial charge is 0.524 e. The highest BCUT2D eigenvalue weighted by Crippen LogP contribution is 2.44. The number of phosphoric ester groups is 1. The van der Waals surface area contributed by atoms with Crippen molar-refractivity contribution in [3.63, 3.8) is 0 Å². The molecule has 3 aliphatic rings. The number of nitrogens with one attached hydrogen (secondary N) is 3. The van der Waals surface area contributed by atoms with E-state index in [1.165, 1.54) is 12.1 Å². The molecule has 1 saturated carbocycles. The van der Waals surface area contributed by atoms with E-state index in [1.807, 2.05) is 6.92 Å². The Morgan fingerprint density at radius 2 is 2.00 bits per heavy atom. The molecule has 3 fully saturated rings. The SMILES string of the molecule is CC[C@@H]1[C@H](O)[C@H](NC)[C@H]2O[C@]3(O)[C@H](O[C@@H]2[C@H]1O)O[C@H](C)C[C@H]3NC(=O)Cc1nc2c(OP(=O)(O)O)cccc2[nH]1.